The average Bonchev–Trinajstić information content (AvgIpc) is 2.46. The lowest BCUT2D eigenvalue weighted by molar-refractivity contribution is 0.0791. The van der Waals surface area contributed by atoms with Gasteiger partial charge in [0.2, 0.25) is 5.96 Å². The number of halogens is 1. The lowest BCUT2D eigenvalue weighted by atomic mass is 10.2. The fourth-order valence-corrected chi connectivity index (χ4v) is 1.70. The van der Waals surface area contributed by atoms with Gasteiger partial charge >= 0.3 is 0 Å². The van der Waals surface area contributed by atoms with Crippen LogP contribution in [0.5, 0.6) is 0 Å². The molecule has 0 bridgehead atoms. The molecule has 1 aromatic rings. The zero-order valence-corrected chi connectivity index (χ0v) is 13.5. The first-order chi connectivity index (χ1) is 10.5. The molecule has 0 unspecified atom stereocenters. The number of nitrogens with two attached hydrogens (primary N) is 3. The molecule has 124 valence electrons. The molecule has 1 amide bonds. The molecule has 0 aliphatic rings. The molecule has 1 aromatic carbocycles. The van der Waals surface area contributed by atoms with Crippen LogP contribution in [0.2, 0.25) is 0 Å². The van der Waals surface area contributed by atoms with Gasteiger partial charge in [-0.05, 0) is 24.3 Å². The van der Waals surface area contributed by atoms with E-state index >= 15 is 0 Å². The predicted molar refractivity (Wildman–Crippen MR) is 97.1 cm³/mol. The Labute approximate surface area is 141 Å². The lowest BCUT2D eigenvalue weighted by Crippen LogP contribution is -2.31. The topological polar surface area (TPSA) is 123 Å². The third-order valence-electron chi connectivity index (χ3n) is 2.59. The maximum absolute atomic E-state index is 12.3. The number of benzene rings is 1. The van der Waals surface area contributed by atoms with Crippen LogP contribution >= 0.6 is 12.4 Å². The molecule has 23 heavy (non-hydrogen) atoms. The Morgan fingerprint density at radius 2 is 1.61 bits per heavy atom. The van der Waals surface area contributed by atoms with Gasteiger partial charge in [-0.25, -0.2) is 4.99 Å². The highest BCUT2D eigenvalue weighted by atomic mass is 35.5. The summed E-state index contributed by atoms with van der Waals surface area (Å²) in [6.45, 7) is 8.17. The summed E-state index contributed by atoms with van der Waals surface area (Å²) in [5.41, 5.74) is 17.0. The van der Waals surface area contributed by atoms with E-state index in [9.17, 15) is 4.79 Å². The first-order valence-corrected chi connectivity index (χ1v) is 6.52. The number of hydrogen-bond acceptors (Lipinski definition) is 2. The van der Waals surface area contributed by atoms with Gasteiger partial charge in [0, 0.05) is 18.7 Å². The largest absolute Gasteiger partial charge is 0.370 e. The molecule has 0 radical (unpaired) electrons. The van der Waals surface area contributed by atoms with Crippen LogP contribution in [-0.2, 0) is 0 Å². The van der Waals surface area contributed by atoms with Crippen LogP contribution in [0.1, 0.15) is 10.4 Å². The van der Waals surface area contributed by atoms with Gasteiger partial charge in [-0.2, -0.15) is 4.99 Å². The third kappa shape index (κ3) is 6.66. The second-order valence-electron chi connectivity index (χ2n) is 4.34. The van der Waals surface area contributed by atoms with Crippen molar-refractivity contribution in [3.8, 4) is 0 Å². The molecule has 6 N–H and O–H groups in total. The van der Waals surface area contributed by atoms with Gasteiger partial charge in [-0.15, -0.1) is 25.6 Å². The van der Waals surface area contributed by atoms with Gasteiger partial charge in [0.25, 0.3) is 5.91 Å². The third-order valence-corrected chi connectivity index (χ3v) is 2.59. The Hall–Kier alpha value is -2.80. The minimum absolute atomic E-state index is 0. The van der Waals surface area contributed by atoms with E-state index in [4.69, 9.17) is 17.2 Å². The van der Waals surface area contributed by atoms with E-state index in [0.29, 0.717) is 24.3 Å². The molecule has 0 spiro atoms. The van der Waals surface area contributed by atoms with Crippen LogP contribution in [0.4, 0.5) is 5.69 Å². The van der Waals surface area contributed by atoms with Gasteiger partial charge in [0.15, 0.2) is 5.96 Å². The number of carbonyl (C=O) groups excluding carboxylic acids is 1. The molecule has 0 fully saturated rings. The van der Waals surface area contributed by atoms with Crippen LogP contribution in [-0.4, -0.2) is 35.8 Å². The van der Waals surface area contributed by atoms with Gasteiger partial charge in [0.1, 0.15) is 0 Å². The van der Waals surface area contributed by atoms with Crippen molar-refractivity contribution < 1.29 is 4.79 Å². The summed E-state index contributed by atoms with van der Waals surface area (Å²) in [4.78, 5) is 21.6. The smallest absolute Gasteiger partial charge is 0.254 e. The Bertz CT molecular complexity index is 595. The number of aliphatic imine (C=N–C) groups is 2. The van der Waals surface area contributed by atoms with Crippen molar-refractivity contribution in [3.05, 3.63) is 55.1 Å². The molecule has 0 atom stereocenters. The normalized spacial score (nSPS) is 10.2. The number of rotatable bonds is 6. The fraction of sp³-hybridized carbons (Fsp3) is 0.133. The number of amides is 1. The summed E-state index contributed by atoms with van der Waals surface area (Å²) in [5, 5.41) is 0. The Kier molecular flexibility index (Phi) is 8.80. The average molecular weight is 337 g/mol. The van der Waals surface area contributed by atoms with Gasteiger partial charge in [-0.3, -0.25) is 4.79 Å². The number of hydrogen-bond donors (Lipinski definition) is 3. The molecule has 0 heterocycles. The summed E-state index contributed by atoms with van der Waals surface area (Å²) < 4.78 is 0. The molecule has 7 nitrogen and oxygen atoms in total. The Morgan fingerprint density at radius 1 is 1.09 bits per heavy atom. The molecular weight excluding hydrogens is 316 g/mol. The summed E-state index contributed by atoms with van der Waals surface area (Å²) in [6.07, 6.45) is 3.33. The van der Waals surface area contributed by atoms with E-state index in [2.05, 4.69) is 23.1 Å². The minimum atomic E-state index is -0.169. The second kappa shape index (κ2) is 10.0. The molecule has 0 aromatic heterocycles. The maximum atomic E-state index is 12.3. The van der Waals surface area contributed by atoms with E-state index in [1.807, 2.05) is 0 Å². The van der Waals surface area contributed by atoms with Crippen molar-refractivity contribution in [2.75, 3.05) is 13.1 Å². The second-order valence-corrected chi connectivity index (χ2v) is 4.34. The zero-order valence-electron chi connectivity index (χ0n) is 12.7. The van der Waals surface area contributed by atoms with Crippen LogP contribution in [0.3, 0.4) is 0 Å². The van der Waals surface area contributed by atoms with Crippen LogP contribution < -0.4 is 17.2 Å². The molecule has 1 rings (SSSR count). The van der Waals surface area contributed by atoms with E-state index in [1.54, 1.807) is 41.3 Å². The van der Waals surface area contributed by atoms with Crippen molar-refractivity contribution in [1.29, 1.82) is 0 Å². The Balaban J connectivity index is 0.00000484. The highest BCUT2D eigenvalue weighted by Gasteiger charge is 2.12. The summed E-state index contributed by atoms with van der Waals surface area (Å²) in [7, 11) is 0. The fourth-order valence-electron chi connectivity index (χ4n) is 1.70. The van der Waals surface area contributed by atoms with E-state index in [0.717, 1.165) is 0 Å². The molecule has 0 aliphatic heterocycles. The van der Waals surface area contributed by atoms with Gasteiger partial charge in [0.05, 0.1) is 5.69 Å². The summed E-state index contributed by atoms with van der Waals surface area (Å²) in [6, 6.07) is 6.62. The van der Waals surface area contributed by atoms with E-state index in [1.165, 1.54) is 0 Å². The van der Waals surface area contributed by atoms with Crippen molar-refractivity contribution in [2.45, 2.75) is 0 Å². The number of guanidine groups is 2. The molecule has 0 saturated carbocycles. The maximum Gasteiger partial charge on any atom is 0.254 e. The van der Waals surface area contributed by atoms with E-state index < -0.39 is 0 Å². The van der Waals surface area contributed by atoms with Crippen molar-refractivity contribution in [1.82, 2.24) is 4.90 Å². The SMILES string of the molecule is C=CCN(CC=C)C(=O)c1ccc(N=C(N)N=C(N)N)cc1.Cl. The summed E-state index contributed by atoms with van der Waals surface area (Å²) in [5.74, 6) is -0.343. The molecule has 0 saturated heterocycles. The standard InChI is InChI=1S/C15H20N6O.ClH/c1-3-9-21(10-4-2)13(22)11-5-7-12(8-6-11)19-15(18)20-14(16)17;/h3-8H,1-2,9-10H2,(H6,16,17,18,19,20);1H. The van der Waals surface area contributed by atoms with Crippen molar-refractivity contribution in [2.24, 2.45) is 27.2 Å². The highest BCUT2D eigenvalue weighted by Crippen LogP contribution is 2.14. The first-order valence-electron chi connectivity index (χ1n) is 6.52. The molecule has 8 heteroatoms. The van der Waals surface area contributed by atoms with Gasteiger partial charge in [-0.1, -0.05) is 12.2 Å². The number of nitrogens with zero attached hydrogens (tertiary/aromatic N) is 3. The Morgan fingerprint density at radius 3 is 2.04 bits per heavy atom. The summed E-state index contributed by atoms with van der Waals surface area (Å²) >= 11 is 0. The zero-order chi connectivity index (χ0) is 16.5. The van der Waals surface area contributed by atoms with Crippen molar-refractivity contribution in [3.63, 3.8) is 0 Å². The first kappa shape index (κ1) is 20.2. The molecule has 0 aliphatic carbocycles. The number of carbonyl (C=O) groups is 1. The van der Waals surface area contributed by atoms with Crippen LogP contribution in [0, 0.1) is 0 Å². The highest BCUT2D eigenvalue weighted by molar-refractivity contribution is 5.95. The van der Waals surface area contributed by atoms with Crippen LogP contribution in [0.15, 0.2) is 59.6 Å². The predicted octanol–water partition coefficient (Wildman–Crippen LogP) is 1.14. The molecular formula is C15H21ClN6O. The monoisotopic (exact) mass is 336 g/mol. The lowest BCUT2D eigenvalue weighted by Gasteiger charge is -2.19. The van der Waals surface area contributed by atoms with Gasteiger partial charge < -0.3 is 22.1 Å². The van der Waals surface area contributed by atoms with Crippen LogP contribution in [0.25, 0.3) is 0 Å². The minimum Gasteiger partial charge on any atom is -0.370 e. The van der Waals surface area contributed by atoms with Crippen molar-refractivity contribution >= 4 is 35.9 Å². The quantitative estimate of drug-likeness (QED) is 0.409. The van der Waals surface area contributed by atoms with E-state index in [-0.39, 0.29) is 30.2 Å².